The van der Waals surface area contributed by atoms with Crippen LogP contribution in [-0.4, -0.2) is 10.3 Å². The molecular weight excluding hydrogens is 418 g/mol. The minimum absolute atomic E-state index is 0.0214. The van der Waals surface area contributed by atoms with E-state index < -0.39 is 0 Å². The highest BCUT2D eigenvalue weighted by molar-refractivity contribution is 7.73. The molecule has 0 saturated carbocycles. The van der Waals surface area contributed by atoms with E-state index in [1.54, 1.807) is 6.07 Å². The predicted octanol–water partition coefficient (Wildman–Crippen LogP) is 7.41. The van der Waals surface area contributed by atoms with Gasteiger partial charge in [0.05, 0.1) is 6.10 Å². The maximum absolute atomic E-state index is 11.5. The number of fused-ring (bicyclic) bond motifs is 1. The standard InChI is InChI=1S/C24H21ClNO3S/c1-16(29-21-12-13-24-22(14-21)23(15-28-24)26(27)30)2-3-17-4-6-18(7-5-17)19-8-10-20(25)11-9-19/h4-16H,2-3H2,1H3,(H,27,30)/q+1. The lowest BCUT2D eigenvalue weighted by Gasteiger charge is -2.15. The van der Waals surface area contributed by atoms with Gasteiger partial charge in [-0.2, -0.15) is 0 Å². The fourth-order valence-corrected chi connectivity index (χ4v) is 3.66. The first kappa shape index (κ1) is 20.5. The van der Waals surface area contributed by atoms with Crippen LogP contribution < -0.4 is 4.74 Å². The first-order valence-corrected chi connectivity index (χ1v) is 10.5. The van der Waals surface area contributed by atoms with Gasteiger partial charge >= 0.3 is 5.69 Å². The molecule has 0 N–H and O–H groups in total. The van der Waals surface area contributed by atoms with Crippen LogP contribution in [0.5, 0.6) is 5.75 Å². The monoisotopic (exact) mass is 438 g/mol. The second-order valence-electron chi connectivity index (χ2n) is 7.22. The van der Waals surface area contributed by atoms with E-state index in [1.165, 1.54) is 17.4 Å². The zero-order valence-electron chi connectivity index (χ0n) is 16.4. The summed E-state index contributed by atoms with van der Waals surface area (Å²) in [5, 5.41) is 1.42. The highest BCUT2D eigenvalue weighted by atomic mass is 35.5. The largest absolute Gasteiger partial charge is 0.491 e. The van der Waals surface area contributed by atoms with Crippen molar-refractivity contribution in [2.75, 3.05) is 0 Å². The fourth-order valence-electron chi connectivity index (χ4n) is 3.38. The minimum atomic E-state index is 0.0214. The summed E-state index contributed by atoms with van der Waals surface area (Å²) in [6.07, 6.45) is 3.20. The van der Waals surface area contributed by atoms with Crippen LogP contribution in [0.4, 0.5) is 5.69 Å². The van der Waals surface area contributed by atoms with E-state index in [0.717, 1.165) is 23.4 Å². The molecule has 4 aromatic rings. The molecular formula is C24H21ClNO3S+. The van der Waals surface area contributed by atoms with Gasteiger partial charge in [0.25, 0.3) is 0 Å². The third-order valence-corrected chi connectivity index (χ3v) is 5.51. The Bertz CT molecular complexity index is 1170. The maximum Gasteiger partial charge on any atom is 0.318 e. The Morgan fingerprint density at radius 1 is 1.03 bits per heavy atom. The first-order chi connectivity index (χ1) is 14.5. The molecule has 152 valence electrons. The summed E-state index contributed by atoms with van der Waals surface area (Å²) < 4.78 is 11.9. The number of halogens is 1. The van der Waals surface area contributed by atoms with Crippen LogP contribution in [-0.2, 0) is 6.42 Å². The average molecular weight is 439 g/mol. The second kappa shape index (κ2) is 8.94. The smallest absolute Gasteiger partial charge is 0.318 e. The van der Waals surface area contributed by atoms with Gasteiger partial charge in [-0.25, -0.2) is 0 Å². The van der Waals surface area contributed by atoms with Gasteiger partial charge < -0.3 is 9.15 Å². The van der Waals surface area contributed by atoms with E-state index in [1.807, 2.05) is 43.3 Å². The molecule has 4 nitrogen and oxygen atoms in total. The molecule has 0 bridgehead atoms. The van der Waals surface area contributed by atoms with Crippen molar-refractivity contribution in [2.24, 2.45) is 0 Å². The molecule has 30 heavy (non-hydrogen) atoms. The van der Waals surface area contributed by atoms with Gasteiger partial charge in [-0.05, 0) is 66.8 Å². The lowest BCUT2D eigenvalue weighted by atomic mass is 10.0. The quantitative estimate of drug-likeness (QED) is 0.241. The number of aryl methyl sites for hydroxylation is 1. The normalized spacial score (nSPS) is 12.1. The summed E-state index contributed by atoms with van der Waals surface area (Å²) in [4.78, 5) is 11.5. The van der Waals surface area contributed by atoms with Gasteiger partial charge in [-0.3, -0.25) is 0 Å². The zero-order chi connectivity index (χ0) is 21.1. The van der Waals surface area contributed by atoms with Crippen LogP contribution in [0.15, 0.2) is 77.4 Å². The number of furan rings is 1. The van der Waals surface area contributed by atoms with Crippen LogP contribution in [0, 0.1) is 4.91 Å². The van der Waals surface area contributed by atoms with Crippen molar-refractivity contribution in [3.63, 3.8) is 0 Å². The number of hydrogen-bond acceptors (Lipinski definition) is 3. The molecule has 0 radical (unpaired) electrons. The van der Waals surface area contributed by atoms with Gasteiger partial charge in [0, 0.05) is 9.93 Å². The molecule has 0 spiro atoms. The number of benzene rings is 3. The van der Waals surface area contributed by atoms with Gasteiger partial charge in [-0.15, -0.1) is 0 Å². The highest BCUT2D eigenvalue weighted by Crippen LogP contribution is 2.32. The topological polar surface area (TPSA) is 42.5 Å². The molecule has 0 amide bonds. The number of nitrogens with zero attached hydrogens (tertiary/aromatic N) is 1. The zero-order valence-corrected chi connectivity index (χ0v) is 18.1. The summed E-state index contributed by atoms with van der Waals surface area (Å²) in [7, 11) is 0. The van der Waals surface area contributed by atoms with Gasteiger partial charge in [0.2, 0.25) is 12.8 Å². The molecule has 1 atom stereocenters. The lowest BCUT2D eigenvalue weighted by molar-refractivity contribution is -0.257. The van der Waals surface area contributed by atoms with E-state index in [-0.39, 0.29) is 6.10 Å². The van der Waals surface area contributed by atoms with E-state index in [4.69, 9.17) is 20.8 Å². The maximum atomic E-state index is 11.5. The van der Waals surface area contributed by atoms with Crippen molar-refractivity contribution >= 4 is 41.1 Å². The Labute approximate surface area is 185 Å². The highest BCUT2D eigenvalue weighted by Gasteiger charge is 2.19. The number of thiol groups is 1. The number of ether oxygens (including phenoxy) is 1. The first-order valence-electron chi connectivity index (χ1n) is 9.68. The minimum Gasteiger partial charge on any atom is -0.491 e. The van der Waals surface area contributed by atoms with Crippen LogP contribution >= 0.6 is 24.4 Å². The molecule has 0 saturated heterocycles. The van der Waals surface area contributed by atoms with Crippen LogP contribution in [0.25, 0.3) is 22.1 Å². The van der Waals surface area contributed by atoms with Crippen LogP contribution in [0.3, 0.4) is 0 Å². The number of hydrogen-bond donors (Lipinski definition) is 1. The molecule has 3 aromatic carbocycles. The van der Waals surface area contributed by atoms with Crippen LogP contribution in [0.2, 0.25) is 5.02 Å². The molecule has 4 rings (SSSR count). The number of nitroso groups, excluding NO2 is 1. The summed E-state index contributed by atoms with van der Waals surface area (Å²) in [5.41, 5.74) is 4.57. The Morgan fingerprint density at radius 2 is 1.70 bits per heavy atom. The molecule has 0 fully saturated rings. The van der Waals surface area contributed by atoms with Crippen molar-refractivity contribution in [2.45, 2.75) is 25.9 Å². The molecule has 0 aliphatic heterocycles. The van der Waals surface area contributed by atoms with Crippen molar-refractivity contribution in [1.29, 1.82) is 0 Å². The van der Waals surface area contributed by atoms with E-state index in [9.17, 15) is 4.91 Å². The van der Waals surface area contributed by atoms with Crippen molar-refractivity contribution in [3.8, 4) is 16.9 Å². The van der Waals surface area contributed by atoms with Gasteiger partial charge in [0.1, 0.15) is 20.9 Å². The fraction of sp³-hybridized carbons (Fsp3) is 0.167. The molecule has 1 aromatic heterocycles. The number of rotatable bonds is 7. The summed E-state index contributed by atoms with van der Waals surface area (Å²) in [5.74, 6) is 0.700. The Morgan fingerprint density at radius 3 is 2.37 bits per heavy atom. The summed E-state index contributed by atoms with van der Waals surface area (Å²) >= 11 is 9.78. The SMILES string of the molecule is CC(CCc1ccc(-c2ccc(Cl)cc2)cc1)Oc1ccc2occ([N+](=O)S)c2c1. The van der Waals surface area contributed by atoms with Crippen molar-refractivity contribution in [1.82, 2.24) is 0 Å². The van der Waals surface area contributed by atoms with Crippen molar-refractivity contribution < 1.29 is 13.3 Å². The van der Waals surface area contributed by atoms with E-state index in [0.29, 0.717) is 26.6 Å². The molecule has 0 aliphatic carbocycles. The Hall–Kier alpha value is -2.76. The van der Waals surface area contributed by atoms with Crippen molar-refractivity contribution in [3.05, 3.63) is 88.5 Å². The third-order valence-electron chi connectivity index (χ3n) is 5.04. The van der Waals surface area contributed by atoms with Gasteiger partial charge in [-0.1, -0.05) is 48.0 Å². The van der Waals surface area contributed by atoms with E-state index in [2.05, 4.69) is 37.1 Å². The molecule has 1 heterocycles. The second-order valence-corrected chi connectivity index (χ2v) is 8.02. The third kappa shape index (κ3) is 4.69. The van der Waals surface area contributed by atoms with Gasteiger partial charge in [0.15, 0.2) is 6.26 Å². The Kier molecular flexibility index (Phi) is 6.11. The predicted molar refractivity (Wildman–Crippen MR) is 124 cm³/mol. The lowest BCUT2D eigenvalue weighted by Crippen LogP contribution is -2.12. The average Bonchev–Trinajstić information content (AvgIpc) is 3.17. The van der Waals surface area contributed by atoms with E-state index >= 15 is 0 Å². The Balaban J connectivity index is 1.37. The summed E-state index contributed by atoms with van der Waals surface area (Å²) in [6.45, 7) is 2.04. The molecule has 1 unspecified atom stereocenters. The molecule has 0 aliphatic rings. The summed E-state index contributed by atoms with van der Waals surface area (Å²) in [6, 6.07) is 21.9. The molecule has 6 heteroatoms. The van der Waals surface area contributed by atoms with Crippen LogP contribution in [0.1, 0.15) is 18.9 Å².